The van der Waals surface area contributed by atoms with Crippen molar-refractivity contribution in [3.05, 3.63) is 18.3 Å². The summed E-state index contributed by atoms with van der Waals surface area (Å²) in [5.41, 5.74) is 5.78. The van der Waals surface area contributed by atoms with Gasteiger partial charge in [0.05, 0.1) is 6.61 Å². The minimum absolute atomic E-state index is 0.439. The van der Waals surface area contributed by atoms with Crippen LogP contribution in [0.4, 0.5) is 5.82 Å². The minimum Gasteiger partial charge on any atom is -0.490 e. The number of nitrogens with one attached hydrogen (secondary N) is 1. The average Bonchev–Trinajstić information content (AvgIpc) is 2.79. The summed E-state index contributed by atoms with van der Waals surface area (Å²) in [7, 11) is 0. The van der Waals surface area contributed by atoms with Gasteiger partial charge in [0.15, 0.2) is 11.6 Å². The Bertz CT molecular complexity index is 356. The van der Waals surface area contributed by atoms with E-state index in [0.717, 1.165) is 18.1 Å². The molecule has 0 amide bonds. The van der Waals surface area contributed by atoms with Crippen molar-refractivity contribution in [1.29, 1.82) is 0 Å². The van der Waals surface area contributed by atoms with Crippen LogP contribution < -0.4 is 15.8 Å². The van der Waals surface area contributed by atoms with Gasteiger partial charge in [-0.2, -0.15) is 0 Å². The van der Waals surface area contributed by atoms with E-state index in [1.54, 1.807) is 6.20 Å². The Morgan fingerprint density at radius 1 is 1.53 bits per heavy atom. The van der Waals surface area contributed by atoms with Gasteiger partial charge in [-0.25, -0.2) is 4.98 Å². The van der Waals surface area contributed by atoms with Gasteiger partial charge in [0.1, 0.15) is 0 Å². The predicted octanol–water partition coefficient (Wildman–Crippen LogP) is 2.02. The van der Waals surface area contributed by atoms with E-state index in [2.05, 4.69) is 10.3 Å². The van der Waals surface area contributed by atoms with Gasteiger partial charge >= 0.3 is 0 Å². The molecule has 1 aromatic heterocycles. The monoisotopic (exact) mass is 235 g/mol. The zero-order chi connectivity index (χ0) is 12.1. The maximum absolute atomic E-state index is 5.78. The minimum atomic E-state index is 0.439. The molecule has 1 aromatic rings. The second-order valence-electron chi connectivity index (χ2n) is 4.46. The summed E-state index contributed by atoms with van der Waals surface area (Å²) in [6.45, 7) is 3.38. The summed E-state index contributed by atoms with van der Waals surface area (Å²) in [5.74, 6) is 2.24. The Kier molecular flexibility index (Phi) is 4.20. The highest BCUT2D eigenvalue weighted by molar-refractivity contribution is 5.50. The number of nitrogens with zero attached hydrogens (tertiary/aromatic N) is 1. The lowest BCUT2D eigenvalue weighted by Crippen LogP contribution is -2.30. The molecule has 0 aromatic carbocycles. The van der Waals surface area contributed by atoms with Crippen LogP contribution in [0, 0.1) is 5.92 Å². The van der Waals surface area contributed by atoms with E-state index < -0.39 is 0 Å². The molecule has 2 rings (SSSR count). The maximum atomic E-state index is 5.78. The molecular weight excluding hydrogens is 214 g/mol. The molecule has 4 nitrogen and oxygen atoms in total. The number of nitrogens with two attached hydrogens (primary N) is 1. The Hall–Kier alpha value is -1.29. The molecule has 2 atom stereocenters. The average molecular weight is 235 g/mol. The zero-order valence-corrected chi connectivity index (χ0v) is 10.4. The molecule has 2 unspecified atom stereocenters. The highest BCUT2D eigenvalue weighted by atomic mass is 16.5. The van der Waals surface area contributed by atoms with Crippen molar-refractivity contribution in [2.45, 2.75) is 32.2 Å². The van der Waals surface area contributed by atoms with Gasteiger partial charge in [0.25, 0.3) is 0 Å². The van der Waals surface area contributed by atoms with Crippen molar-refractivity contribution in [2.24, 2.45) is 11.7 Å². The molecule has 1 saturated carbocycles. The van der Waals surface area contributed by atoms with Crippen molar-refractivity contribution < 1.29 is 4.74 Å². The van der Waals surface area contributed by atoms with Gasteiger partial charge in [0.2, 0.25) is 0 Å². The van der Waals surface area contributed by atoms with Crippen LogP contribution in [-0.4, -0.2) is 24.2 Å². The SMILES string of the molecule is CCOc1cccnc1NC1CCCC1CN. The van der Waals surface area contributed by atoms with Crippen molar-refractivity contribution in [3.63, 3.8) is 0 Å². The fraction of sp³-hybridized carbons (Fsp3) is 0.615. The van der Waals surface area contributed by atoms with E-state index in [1.807, 2.05) is 19.1 Å². The number of pyridine rings is 1. The van der Waals surface area contributed by atoms with Crippen molar-refractivity contribution in [3.8, 4) is 5.75 Å². The number of rotatable bonds is 5. The molecule has 1 fully saturated rings. The Morgan fingerprint density at radius 3 is 3.18 bits per heavy atom. The van der Waals surface area contributed by atoms with Crippen LogP contribution in [0.5, 0.6) is 5.75 Å². The third-order valence-electron chi connectivity index (χ3n) is 3.35. The van der Waals surface area contributed by atoms with Crippen LogP contribution >= 0.6 is 0 Å². The first kappa shape index (κ1) is 12.2. The quantitative estimate of drug-likeness (QED) is 0.819. The molecule has 0 spiro atoms. The molecule has 1 heterocycles. The first-order valence-corrected chi connectivity index (χ1v) is 6.39. The van der Waals surface area contributed by atoms with Crippen molar-refractivity contribution >= 4 is 5.82 Å². The third-order valence-corrected chi connectivity index (χ3v) is 3.35. The molecule has 4 heteroatoms. The highest BCUT2D eigenvalue weighted by Crippen LogP contribution is 2.30. The van der Waals surface area contributed by atoms with Gasteiger partial charge < -0.3 is 15.8 Å². The van der Waals surface area contributed by atoms with Crippen molar-refractivity contribution in [2.75, 3.05) is 18.5 Å². The van der Waals surface area contributed by atoms with Gasteiger partial charge in [0, 0.05) is 12.2 Å². The molecule has 1 aliphatic rings. The third kappa shape index (κ3) is 2.88. The normalized spacial score (nSPS) is 23.6. The number of aromatic nitrogens is 1. The summed E-state index contributed by atoms with van der Waals surface area (Å²) in [6, 6.07) is 4.28. The Balaban J connectivity index is 2.07. The van der Waals surface area contributed by atoms with E-state index in [4.69, 9.17) is 10.5 Å². The van der Waals surface area contributed by atoms with Crippen LogP contribution in [0.25, 0.3) is 0 Å². The first-order chi connectivity index (χ1) is 8.35. The predicted molar refractivity (Wildman–Crippen MR) is 69.2 cm³/mol. The van der Waals surface area contributed by atoms with Crippen LogP contribution in [0.15, 0.2) is 18.3 Å². The fourth-order valence-electron chi connectivity index (χ4n) is 2.46. The molecule has 0 aliphatic heterocycles. The molecular formula is C13H21N3O. The van der Waals surface area contributed by atoms with Crippen LogP contribution in [0.2, 0.25) is 0 Å². The topological polar surface area (TPSA) is 60.2 Å². The number of anilines is 1. The van der Waals surface area contributed by atoms with Gasteiger partial charge in [-0.3, -0.25) is 0 Å². The summed E-state index contributed by atoms with van der Waals surface area (Å²) < 4.78 is 5.56. The van der Waals surface area contributed by atoms with Crippen LogP contribution in [0.3, 0.4) is 0 Å². The van der Waals surface area contributed by atoms with Gasteiger partial charge in [-0.1, -0.05) is 6.42 Å². The lowest BCUT2D eigenvalue weighted by molar-refractivity contribution is 0.339. The standard InChI is InChI=1S/C13H21N3O/c1-2-17-12-7-4-8-15-13(12)16-11-6-3-5-10(11)9-14/h4,7-8,10-11H,2-3,5-6,9,14H2,1H3,(H,15,16). The van der Waals surface area contributed by atoms with E-state index in [1.165, 1.54) is 19.3 Å². The maximum Gasteiger partial charge on any atom is 0.168 e. The number of hydrogen-bond donors (Lipinski definition) is 2. The first-order valence-electron chi connectivity index (χ1n) is 6.39. The van der Waals surface area contributed by atoms with E-state index in [0.29, 0.717) is 18.6 Å². The second-order valence-corrected chi connectivity index (χ2v) is 4.46. The van der Waals surface area contributed by atoms with Gasteiger partial charge in [-0.05, 0) is 44.4 Å². The van der Waals surface area contributed by atoms with Crippen LogP contribution in [-0.2, 0) is 0 Å². The van der Waals surface area contributed by atoms with E-state index in [9.17, 15) is 0 Å². The number of hydrogen-bond acceptors (Lipinski definition) is 4. The summed E-state index contributed by atoms with van der Waals surface area (Å²) >= 11 is 0. The lowest BCUT2D eigenvalue weighted by atomic mass is 10.0. The highest BCUT2D eigenvalue weighted by Gasteiger charge is 2.26. The molecule has 94 valence electrons. The molecule has 0 radical (unpaired) electrons. The van der Waals surface area contributed by atoms with Gasteiger partial charge in [-0.15, -0.1) is 0 Å². The zero-order valence-electron chi connectivity index (χ0n) is 10.4. The molecule has 0 bridgehead atoms. The molecule has 3 N–H and O–H groups in total. The molecule has 0 saturated heterocycles. The smallest absolute Gasteiger partial charge is 0.168 e. The second kappa shape index (κ2) is 5.87. The Morgan fingerprint density at radius 2 is 2.41 bits per heavy atom. The summed E-state index contributed by atoms with van der Waals surface area (Å²) in [6.07, 6.45) is 5.42. The summed E-state index contributed by atoms with van der Waals surface area (Å²) in [4.78, 5) is 4.35. The van der Waals surface area contributed by atoms with Crippen LogP contribution in [0.1, 0.15) is 26.2 Å². The largest absolute Gasteiger partial charge is 0.490 e. The fourth-order valence-corrected chi connectivity index (χ4v) is 2.46. The van der Waals surface area contributed by atoms with E-state index >= 15 is 0 Å². The summed E-state index contributed by atoms with van der Waals surface area (Å²) in [5, 5.41) is 3.48. The Labute approximate surface area is 103 Å². The number of ether oxygens (including phenoxy) is 1. The molecule has 1 aliphatic carbocycles. The lowest BCUT2D eigenvalue weighted by Gasteiger charge is -2.21. The molecule has 17 heavy (non-hydrogen) atoms. The van der Waals surface area contributed by atoms with Crippen molar-refractivity contribution in [1.82, 2.24) is 4.98 Å². The van der Waals surface area contributed by atoms with E-state index in [-0.39, 0.29) is 0 Å².